The molecule has 1 saturated heterocycles. The maximum Gasteiger partial charge on any atom is 0.217 e. The van der Waals surface area contributed by atoms with Crippen LogP contribution in [0.4, 0.5) is 4.39 Å². The number of amides is 1. The quantitative estimate of drug-likeness (QED) is 0.746. The van der Waals surface area contributed by atoms with Crippen LogP contribution >= 0.6 is 0 Å². The second kappa shape index (κ2) is 7.68. The van der Waals surface area contributed by atoms with Crippen molar-refractivity contribution in [3.63, 3.8) is 0 Å². The van der Waals surface area contributed by atoms with Crippen molar-refractivity contribution in [3.8, 4) is 11.3 Å². The second-order valence-electron chi connectivity index (χ2n) is 7.62. The third kappa shape index (κ3) is 4.04. The number of nitrogens with zero attached hydrogens (tertiary/aromatic N) is 2. The van der Waals surface area contributed by atoms with Crippen LogP contribution in [0.15, 0.2) is 48.5 Å². The molecular weight excluding hydrogens is 353 g/mol. The number of fused-ring (bicyclic) bond motifs is 1. The smallest absolute Gasteiger partial charge is 0.217 e. The summed E-state index contributed by atoms with van der Waals surface area (Å²) in [5.74, 6) is -0.262. The highest BCUT2D eigenvalue weighted by atomic mass is 19.1. The van der Waals surface area contributed by atoms with Crippen LogP contribution < -0.4 is 5.32 Å². The Kier molecular flexibility index (Phi) is 5.09. The lowest BCUT2D eigenvalue weighted by molar-refractivity contribution is -0.119. The number of hydrogen-bond donors (Lipinski definition) is 1. The molecule has 1 amide bonds. The maximum atomic E-state index is 13.7. The Morgan fingerprint density at radius 3 is 2.75 bits per heavy atom. The minimum atomic E-state index is -0.278. The fourth-order valence-electron chi connectivity index (χ4n) is 3.89. The molecule has 1 aliphatic rings. The average molecular weight is 377 g/mol. The Morgan fingerprint density at radius 2 is 2.00 bits per heavy atom. The van der Waals surface area contributed by atoms with Crippen molar-refractivity contribution in [2.75, 3.05) is 13.1 Å². The maximum absolute atomic E-state index is 13.7. The molecule has 4 rings (SSSR count). The third-order valence-corrected chi connectivity index (χ3v) is 5.26. The van der Waals surface area contributed by atoms with Crippen LogP contribution in [0.1, 0.15) is 24.5 Å². The van der Waals surface area contributed by atoms with E-state index in [0.29, 0.717) is 5.52 Å². The van der Waals surface area contributed by atoms with Crippen molar-refractivity contribution in [1.82, 2.24) is 15.2 Å². The average Bonchev–Trinajstić information content (AvgIpc) is 3.08. The summed E-state index contributed by atoms with van der Waals surface area (Å²) in [6.45, 7) is 6.12. The summed E-state index contributed by atoms with van der Waals surface area (Å²) in [6.07, 6.45) is 0.950. The van der Waals surface area contributed by atoms with Crippen molar-refractivity contribution >= 4 is 16.8 Å². The fraction of sp³-hybridized carbons (Fsp3) is 0.304. The molecule has 144 valence electrons. The number of likely N-dealkylation sites (tertiary alicyclic amines) is 1. The van der Waals surface area contributed by atoms with Gasteiger partial charge >= 0.3 is 0 Å². The molecule has 2 aromatic carbocycles. The molecule has 0 radical (unpaired) electrons. The van der Waals surface area contributed by atoms with Gasteiger partial charge in [0, 0.05) is 49.6 Å². The molecular formula is C23H24FN3O. The van der Waals surface area contributed by atoms with Gasteiger partial charge < -0.3 is 5.32 Å². The Labute approximate surface area is 164 Å². The number of hydrogen-bond acceptors (Lipinski definition) is 3. The highest BCUT2D eigenvalue weighted by Crippen LogP contribution is 2.28. The standard InChI is InChI=1S/C23H24FN3O/c1-15-3-5-17(6-4-15)23-19(11-18-7-8-20(24)12-22(18)26-23)13-27-10-9-21(14-27)25-16(2)28/h3-8,11-12,21H,9-10,13-14H2,1-2H3,(H,25,28)/t21-/m1/s1. The molecule has 1 aromatic heterocycles. The van der Waals surface area contributed by atoms with Gasteiger partial charge in [0.25, 0.3) is 0 Å². The highest BCUT2D eigenvalue weighted by Gasteiger charge is 2.24. The van der Waals surface area contributed by atoms with Crippen molar-refractivity contribution in [1.29, 1.82) is 0 Å². The minimum Gasteiger partial charge on any atom is -0.352 e. The van der Waals surface area contributed by atoms with E-state index in [-0.39, 0.29) is 17.8 Å². The van der Waals surface area contributed by atoms with E-state index in [1.54, 1.807) is 13.0 Å². The van der Waals surface area contributed by atoms with Crippen LogP contribution in [0.5, 0.6) is 0 Å². The van der Waals surface area contributed by atoms with E-state index in [9.17, 15) is 9.18 Å². The third-order valence-electron chi connectivity index (χ3n) is 5.26. The topological polar surface area (TPSA) is 45.2 Å². The zero-order valence-electron chi connectivity index (χ0n) is 16.2. The number of nitrogens with one attached hydrogen (secondary N) is 1. The molecule has 3 aromatic rings. The summed E-state index contributed by atoms with van der Waals surface area (Å²) in [7, 11) is 0. The van der Waals surface area contributed by atoms with Crippen molar-refractivity contribution < 1.29 is 9.18 Å². The van der Waals surface area contributed by atoms with Gasteiger partial charge in [-0.25, -0.2) is 9.37 Å². The summed E-state index contributed by atoms with van der Waals surface area (Å²) in [6, 6.07) is 15.3. The van der Waals surface area contributed by atoms with Gasteiger partial charge in [-0.2, -0.15) is 0 Å². The summed E-state index contributed by atoms with van der Waals surface area (Å²) < 4.78 is 13.7. The molecule has 0 spiro atoms. The molecule has 0 aliphatic carbocycles. The number of carbonyl (C=O) groups excluding carboxylic acids is 1. The summed E-state index contributed by atoms with van der Waals surface area (Å²) in [5, 5.41) is 3.94. The first-order valence-corrected chi connectivity index (χ1v) is 9.63. The van der Waals surface area contributed by atoms with Gasteiger partial charge in [-0.1, -0.05) is 29.8 Å². The minimum absolute atomic E-state index is 0.0154. The first-order chi connectivity index (χ1) is 13.5. The lowest BCUT2D eigenvalue weighted by Crippen LogP contribution is -2.35. The van der Waals surface area contributed by atoms with Crippen LogP contribution in [-0.4, -0.2) is 34.9 Å². The van der Waals surface area contributed by atoms with E-state index in [1.807, 2.05) is 0 Å². The zero-order valence-corrected chi connectivity index (χ0v) is 16.2. The SMILES string of the molecule is CC(=O)N[C@@H]1CCN(Cc2cc3ccc(F)cc3nc2-c2ccc(C)cc2)C1. The van der Waals surface area contributed by atoms with Gasteiger partial charge in [0.05, 0.1) is 11.2 Å². The molecule has 4 nitrogen and oxygen atoms in total. The molecule has 2 heterocycles. The molecule has 5 heteroatoms. The number of halogens is 1. The predicted octanol–water partition coefficient (Wildman–Crippen LogP) is 4.06. The number of aromatic nitrogens is 1. The van der Waals surface area contributed by atoms with Crippen LogP contribution in [-0.2, 0) is 11.3 Å². The van der Waals surface area contributed by atoms with E-state index >= 15 is 0 Å². The van der Waals surface area contributed by atoms with Crippen LogP contribution in [0.25, 0.3) is 22.2 Å². The van der Waals surface area contributed by atoms with Crippen LogP contribution in [0.3, 0.4) is 0 Å². The van der Waals surface area contributed by atoms with Crippen molar-refractivity contribution in [2.45, 2.75) is 32.9 Å². The molecule has 0 unspecified atom stereocenters. The van der Waals surface area contributed by atoms with Gasteiger partial charge in [0.1, 0.15) is 5.82 Å². The molecule has 28 heavy (non-hydrogen) atoms. The first kappa shape index (κ1) is 18.6. The Balaban J connectivity index is 1.69. The lowest BCUT2D eigenvalue weighted by Gasteiger charge is -2.19. The zero-order chi connectivity index (χ0) is 19.7. The number of rotatable bonds is 4. The van der Waals surface area contributed by atoms with E-state index in [1.165, 1.54) is 17.7 Å². The van der Waals surface area contributed by atoms with Crippen LogP contribution in [0, 0.1) is 12.7 Å². The number of aryl methyl sites for hydroxylation is 1. The summed E-state index contributed by atoms with van der Waals surface area (Å²) in [5.41, 5.74) is 4.89. The molecule has 1 aliphatic heterocycles. The number of pyridine rings is 1. The van der Waals surface area contributed by atoms with Gasteiger partial charge in [0.15, 0.2) is 0 Å². The summed E-state index contributed by atoms with van der Waals surface area (Å²) >= 11 is 0. The molecule has 1 fully saturated rings. The fourth-order valence-corrected chi connectivity index (χ4v) is 3.89. The van der Waals surface area contributed by atoms with Gasteiger partial charge in [0.2, 0.25) is 5.91 Å². The Morgan fingerprint density at radius 1 is 1.21 bits per heavy atom. The molecule has 1 atom stereocenters. The Bertz CT molecular complexity index is 1020. The van der Waals surface area contributed by atoms with Crippen LogP contribution in [0.2, 0.25) is 0 Å². The highest BCUT2D eigenvalue weighted by molar-refractivity contribution is 5.83. The summed E-state index contributed by atoms with van der Waals surface area (Å²) in [4.78, 5) is 18.5. The van der Waals surface area contributed by atoms with Crippen molar-refractivity contribution in [2.24, 2.45) is 0 Å². The number of benzene rings is 2. The van der Waals surface area contributed by atoms with Crippen molar-refractivity contribution in [3.05, 3.63) is 65.5 Å². The molecule has 0 saturated carbocycles. The van der Waals surface area contributed by atoms with E-state index in [4.69, 9.17) is 4.98 Å². The normalized spacial score (nSPS) is 17.2. The van der Waals surface area contributed by atoms with Gasteiger partial charge in [-0.05, 0) is 37.1 Å². The largest absolute Gasteiger partial charge is 0.352 e. The molecule has 1 N–H and O–H groups in total. The van der Waals surface area contributed by atoms with E-state index in [0.717, 1.165) is 48.3 Å². The second-order valence-corrected chi connectivity index (χ2v) is 7.62. The monoisotopic (exact) mass is 377 g/mol. The first-order valence-electron chi connectivity index (χ1n) is 9.63. The Hall–Kier alpha value is -2.79. The predicted molar refractivity (Wildman–Crippen MR) is 109 cm³/mol. The van der Waals surface area contributed by atoms with Gasteiger partial charge in [-0.3, -0.25) is 9.69 Å². The lowest BCUT2D eigenvalue weighted by atomic mass is 10.0. The van der Waals surface area contributed by atoms with Gasteiger partial charge in [-0.15, -0.1) is 0 Å². The van der Waals surface area contributed by atoms with E-state index < -0.39 is 0 Å². The number of carbonyl (C=O) groups is 1. The van der Waals surface area contributed by atoms with E-state index in [2.05, 4.69) is 47.5 Å². The molecule has 0 bridgehead atoms.